The van der Waals surface area contributed by atoms with Gasteiger partial charge in [-0.3, -0.25) is 25.3 Å². The second kappa shape index (κ2) is 11.2. The van der Waals surface area contributed by atoms with Crippen molar-refractivity contribution in [3.8, 4) is 0 Å². The van der Waals surface area contributed by atoms with Crippen LogP contribution in [0.3, 0.4) is 0 Å². The van der Waals surface area contributed by atoms with Crippen LogP contribution in [0.15, 0.2) is 110 Å². The molecule has 0 aliphatic carbocycles. The summed E-state index contributed by atoms with van der Waals surface area (Å²) in [6.07, 6.45) is 18.0. The Balaban J connectivity index is 0.0000000988. The van der Waals surface area contributed by atoms with Crippen molar-refractivity contribution in [1.82, 2.24) is 50.5 Å². The second-order valence-corrected chi connectivity index (χ2v) is 7.56. The maximum atomic E-state index is 4.02. The van der Waals surface area contributed by atoms with Crippen LogP contribution in [0.5, 0.6) is 0 Å². The highest BCUT2D eigenvalue weighted by Crippen LogP contribution is 2.10. The number of pyridine rings is 3. The fourth-order valence-electron chi connectivity index (χ4n) is 3.34. The summed E-state index contributed by atoms with van der Waals surface area (Å²) in [4.78, 5) is 14.9. The zero-order chi connectivity index (χ0) is 24.4. The van der Waals surface area contributed by atoms with E-state index < -0.39 is 0 Å². The summed E-state index contributed by atoms with van der Waals surface area (Å²) < 4.78 is 0. The van der Waals surface area contributed by atoms with Gasteiger partial charge in [-0.15, -0.1) is 0 Å². The Labute approximate surface area is 204 Å². The lowest BCUT2D eigenvalue weighted by Crippen LogP contribution is -1.71. The number of aromatic nitrogens is 10. The molecule has 0 aliphatic heterocycles. The SMILES string of the molecule is c1cc2cn[nH]c2cn1.c1cc2cn[nH]c2cn1.c1ccc2c[nH]cc2c1.c1cnc2[nH]ncc2c1. The molecule has 10 heteroatoms. The quantitative estimate of drug-likeness (QED) is 0.243. The summed E-state index contributed by atoms with van der Waals surface area (Å²) >= 11 is 0. The lowest BCUT2D eigenvalue weighted by Gasteiger charge is -1.81. The molecule has 0 amide bonds. The Morgan fingerprint density at radius 2 is 1.03 bits per heavy atom. The number of rotatable bonds is 0. The van der Waals surface area contributed by atoms with Crippen molar-refractivity contribution in [3.05, 3.63) is 110 Å². The van der Waals surface area contributed by atoms with Crippen LogP contribution in [0.4, 0.5) is 0 Å². The van der Waals surface area contributed by atoms with Gasteiger partial charge in [-0.2, -0.15) is 15.3 Å². The van der Waals surface area contributed by atoms with Crippen molar-refractivity contribution in [2.45, 2.75) is 0 Å². The van der Waals surface area contributed by atoms with E-state index in [1.807, 2.05) is 48.8 Å². The number of hydrogen-bond acceptors (Lipinski definition) is 6. The molecule has 7 aromatic heterocycles. The average Bonchev–Trinajstić information content (AvgIpc) is 3.76. The normalized spacial score (nSPS) is 10.2. The van der Waals surface area contributed by atoms with Crippen molar-refractivity contribution >= 4 is 43.6 Å². The number of benzene rings is 1. The lowest BCUT2D eigenvalue weighted by atomic mass is 10.2. The second-order valence-electron chi connectivity index (χ2n) is 7.56. The van der Waals surface area contributed by atoms with Gasteiger partial charge in [0.15, 0.2) is 5.65 Å². The number of nitrogens with zero attached hydrogens (tertiary/aromatic N) is 6. The van der Waals surface area contributed by atoms with E-state index in [1.54, 1.807) is 49.6 Å². The highest BCUT2D eigenvalue weighted by molar-refractivity contribution is 5.81. The van der Waals surface area contributed by atoms with Crippen LogP contribution < -0.4 is 0 Å². The van der Waals surface area contributed by atoms with Crippen molar-refractivity contribution in [2.24, 2.45) is 0 Å². The molecule has 0 unspecified atom stereocenters. The monoisotopic (exact) mass is 474 g/mol. The Morgan fingerprint density at radius 3 is 1.61 bits per heavy atom. The molecule has 0 spiro atoms. The van der Waals surface area contributed by atoms with E-state index in [9.17, 15) is 0 Å². The van der Waals surface area contributed by atoms with Gasteiger partial charge in [0.25, 0.3) is 0 Å². The zero-order valence-corrected chi connectivity index (χ0v) is 19.1. The van der Waals surface area contributed by atoms with E-state index in [2.05, 4.69) is 62.7 Å². The Morgan fingerprint density at radius 1 is 0.472 bits per heavy atom. The summed E-state index contributed by atoms with van der Waals surface area (Å²) in [6, 6.07) is 15.9. The minimum absolute atomic E-state index is 0.845. The number of hydrogen-bond donors (Lipinski definition) is 4. The van der Waals surface area contributed by atoms with Crippen LogP contribution in [0.1, 0.15) is 0 Å². The molecule has 1 aromatic carbocycles. The lowest BCUT2D eigenvalue weighted by molar-refractivity contribution is 1.10. The Hall–Kier alpha value is -5.38. The molecule has 7 heterocycles. The smallest absolute Gasteiger partial charge is 0.155 e. The predicted molar refractivity (Wildman–Crippen MR) is 140 cm³/mol. The highest BCUT2D eigenvalue weighted by Gasteiger charge is 1.91. The first-order valence-electron chi connectivity index (χ1n) is 11.1. The summed E-state index contributed by atoms with van der Waals surface area (Å²) in [5.41, 5.74) is 2.81. The molecule has 0 atom stereocenters. The molecule has 8 aromatic rings. The number of fused-ring (bicyclic) bond motifs is 4. The first-order valence-corrected chi connectivity index (χ1v) is 11.1. The van der Waals surface area contributed by atoms with Gasteiger partial charge >= 0.3 is 0 Å². The average molecular weight is 475 g/mol. The summed E-state index contributed by atoms with van der Waals surface area (Å²) in [7, 11) is 0. The van der Waals surface area contributed by atoms with E-state index in [4.69, 9.17) is 0 Å². The van der Waals surface area contributed by atoms with E-state index in [-0.39, 0.29) is 0 Å². The largest absolute Gasteiger partial charge is 0.366 e. The van der Waals surface area contributed by atoms with Crippen LogP contribution in [0.2, 0.25) is 0 Å². The molecule has 8 rings (SSSR count). The third kappa shape index (κ3) is 5.57. The fourth-order valence-corrected chi connectivity index (χ4v) is 3.34. The minimum Gasteiger partial charge on any atom is -0.366 e. The van der Waals surface area contributed by atoms with E-state index >= 15 is 0 Å². The number of H-pyrrole nitrogens is 4. The summed E-state index contributed by atoms with van der Waals surface area (Å²) in [5, 5.41) is 25.7. The van der Waals surface area contributed by atoms with Gasteiger partial charge in [0, 0.05) is 47.1 Å². The topological polar surface area (TPSA) is 140 Å². The minimum atomic E-state index is 0.845. The van der Waals surface area contributed by atoms with Crippen molar-refractivity contribution in [2.75, 3.05) is 0 Å². The molecule has 4 N–H and O–H groups in total. The molecule has 36 heavy (non-hydrogen) atoms. The van der Waals surface area contributed by atoms with Gasteiger partial charge in [-0.1, -0.05) is 24.3 Å². The third-order valence-corrected chi connectivity index (χ3v) is 5.17. The van der Waals surface area contributed by atoms with Crippen LogP contribution >= 0.6 is 0 Å². The number of nitrogens with one attached hydrogen (secondary N) is 4. The first kappa shape index (κ1) is 22.4. The summed E-state index contributed by atoms with van der Waals surface area (Å²) in [5.74, 6) is 0. The van der Waals surface area contributed by atoms with Crippen LogP contribution in [-0.4, -0.2) is 50.5 Å². The van der Waals surface area contributed by atoms with Crippen LogP contribution in [-0.2, 0) is 0 Å². The molecule has 0 saturated carbocycles. The molecule has 176 valence electrons. The maximum absolute atomic E-state index is 4.02. The van der Waals surface area contributed by atoms with Gasteiger partial charge in [-0.25, -0.2) is 4.98 Å². The third-order valence-electron chi connectivity index (χ3n) is 5.17. The van der Waals surface area contributed by atoms with Crippen molar-refractivity contribution in [1.29, 1.82) is 0 Å². The van der Waals surface area contributed by atoms with E-state index in [0.717, 1.165) is 32.8 Å². The summed E-state index contributed by atoms with van der Waals surface area (Å²) in [6.45, 7) is 0. The molecular formula is C26H22N10. The highest BCUT2D eigenvalue weighted by atomic mass is 15.1. The van der Waals surface area contributed by atoms with Crippen molar-refractivity contribution in [3.63, 3.8) is 0 Å². The van der Waals surface area contributed by atoms with Gasteiger partial charge in [-0.05, 0) is 35.0 Å². The molecule has 0 bridgehead atoms. The predicted octanol–water partition coefficient (Wildman–Crippen LogP) is 5.04. The van der Waals surface area contributed by atoms with E-state index in [0.29, 0.717) is 0 Å². The first-order chi connectivity index (χ1) is 17.9. The maximum Gasteiger partial charge on any atom is 0.155 e. The Kier molecular flexibility index (Phi) is 6.95. The zero-order valence-electron chi connectivity index (χ0n) is 19.1. The molecular weight excluding hydrogens is 452 g/mol. The number of aromatic amines is 4. The molecule has 10 nitrogen and oxygen atoms in total. The molecule has 0 radical (unpaired) electrons. The molecule has 0 aliphatic rings. The van der Waals surface area contributed by atoms with Gasteiger partial charge in [0.1, 0.15) is 0 Å². The fraction of sp³-hybridized carbons (Fsp3) is 0. The van der Waals surface area contributed by atoms with Gasteiger partial charge < -0.3 is 4.98 Å². The van der Waals surface area contributed by atoms with Crippen LogP contribution in [0.25, 0.3) is 43.6 Å². The van der Waals surface area contributed by atoms with E-state index in [1.165, 1.54) is 10.8 Å². The Bertz CT molecular complexity index is 1390. The molecule has 0 fully saturated rings. The van der Waals surface area contributed by atoms with Crippen LogP contribution in [0, 0.1) is 0 Å². The van der Waals surface area contributed by atoms with Gasteiger partial charge in [0.2, 0.25) is 0 Å². The van der Waals surface area contributed by atoms with Crippen molar-refractivity contribution < 1.29 is 0 Å². The molecule has 0 saturated heterocycles. The standard InChI is InChI=1S/C8H7N.3C6H5N3/c1-2-4-8-6-9-5-7(8)3-1;2*1-2-7-4-6-5(1)3-8-9-6;1-2-5-4-8-9-6(5)7-3-1/h1-6,9H;2*1-4H,(H,8,9);1-4H,(H,7,8,9). The van der Waals surface area contributed by atoms with Gasteiger partial charge in [0.05, 0.1) is 42.0 Å².